The van der Waals surface area contributed by atoms with E-state index in [9.17, 15) is 4.79 Å². The second-order valence-corrected chi connectivity index (χ2v) is 5.61. The van der Waals surface area contributed by atoms with Crippen LogP contribution in [0.3, 0.4) is 0 Å². The molecule has 22 heavy (non-hydrogen) atoms. The highest BCUT2D eigenvalue weighted by Gasteiger charge is 2.08. The number of benzene rings is 1. The average molecular weight is 310 g/mol. The SMILES string of the molecule is O=C(NCc1csc(Cc2ccccc2)n1)c1cnccn1. The van der Waals surface area contributed by atoms with Crippen molar-refractivity contribution in [3.63, 3.8) is 0 Å². The van der Waals surface area contributed by atoms with Gasteiger partial charge in [0.05, 0.1) is 23.4 Å². The van der Waals surface area contributed by atoms with E-state index < -0.39 is 0 Å². The summed E-state index contributed by atoms with van der Waals surface area (Å²) < 4.78 is 0. The summed E-state index contributed by atoms with van der Waals surface area (Å²) >= 11 is 1.60. The van der Waals surface area contributed by atoms with Crippen LogP contribution in [0.2, 0.25) is 0 Å². The first-order chi connectivity index (χ1) is 10.8. The monoisotopic (exact) mass is 310 g/mol. The molecule has 3 rings (SSSR count). The van der Waals surface area contributed by atoms with Gasteiger partial charge in [0.25, 0.3) is 5.91 Å². The normalized spacial score (nSPS) is 10.4. The third-order valence-electron chi connectivity index (χ3n) is 3.02. The molecular weight excluding hydrogens is 296 g/mol. The molecule has 0 atom stereocenters. The average Bonchev–Trinajstić information content (AvgIpc) is 3.02. The van der Waals surface area contributed by atoms with Crippen LogP contribution >= 0.6 is 11.3 Å². The van der Waals surface area contributed by atoms with Crippen LogP contribution in [-0.2, 0) is 13.0 Å². The predicted octanol–water partition coefficient (Wildman–Crippen LogP) is 2.45. The van der Waals surface area contributed by atoms with Crippen molar-refractivity contribution in [3.8, 4) is 0 Å². The molecule has 0 unspecified atom stereocenters. The van der Waals surface area contributed by atoms with Crippen molar-refractivity contribution in [2.24, 2.45) is 0 Å². The van der Waals surface area contributed by atoms with Gasteiger partial charge in [0.15, 0.2) is 0 Å². The van der Waals surface area contributed by atoms with Gasteiger partial charge in [-0.05, 0) is 5.56 Å². The van der Waals surface area contributed by atoms with Crippen LogP contribution < -0.4 is 5.32 Å². The van der Waals surface area contributed by atoms with Crippen LogP contribution in [0.15, 0.2) is 54.3 Å². The van der Waals surface area contributed by atoms with E-state index in [1.807, 2.05) is 23.6 Å². The summed E-state index contributed by atoms with van der Waals surface area (Å²) in [5, 5.41) is 5.80. The van der Waals surface area contributed by atoms with Gasteiger partial charge >= 0.3 is 0 Å². The van der Waals surface area contributed by atoms with Crippen LogP contribution in [0, 0.1) is 0 Å². The summed E-state index contributed by atoms with van der Waals surface area (Å²) in [6.45, 7) is 0.390. The van der Waals surface area contributed by atoms with Gasteiger partial charge in [0.2, 0.25) is 0 Å². The second-order valence-electron chi connectivity index (χ2n) is 4.67. The first-order valence-electron chi connectivity index (χ1n) is 6.82. The molecule has 0 saturated carbocycles. The minimum atomic E-state index is -0.245. The highest BCUT2D eigenvalue weighted by molar-refractivity contribution is 7.09. The Morgan fingerprint density at radius 3 is 2.82 bits per heavy atom. The molecule has 1 N–H and O–H groups in total. The van der Waals surface area contributed by atoms with Crippen molar-refractivity contribution in [2.45, 2.75) is 13.0 Å². The minimum Gasteiger partial charge on any atom is -0.345 e. The Kier molecular flexibility index (Phi) is 4.50. The molecule has 2 aromatic heterocycles. The Bertz CT molecular complexity index is 743. The lowest BCUT2D eigenvalue weighted by molar-refractivity contribution is 0.0945. The maximum Gasteiger partial charge on any atom is 0.271 e. The topological polar surface area (TPSA) is 67.8 Å². The summed E-state index contributed by atoms with van der Waals surface area (Å²) in [5.41, 5.74) is 2.39. The zero-order valence-electron chi connectivity index (χ0n) is 11.8. The molecule has 110 valence electrons. The van der Waals surface area contributed by atoms with Gasteiger partial charge in [0.1, 0.15) is 5.69 Å². The molecule has 1 amide bonds. The molecule has 0 fully saturated rings. The summed E-state index contributed by atoms with van der Waals surface area (Å²) in [7, 11) is 0. The molecule has 6 heteroatoms. The van der Waals surface area contributed by atoms with Gasteiger partial charge in [-0.3, -0.25) is 9.78 Å². The molecule has 0 aliphatic rings. The molecule has 0 radical (unpaired) electrons. The largest absolute Gasteiger partial charge is 0.345 e. The summed E-state index contributed by atoms with van der Waals surface area (Å²) in [6.07, 6.45) is 5.28. The highest BCUT2D eigenvalue weighted by Crippen LogP contribution is 2.14. The summed E-state index contributed by atoms with van der Waals surface area (Å²) in [6, 6.07) is 10.2. The number of rotatable bonds is 5. The molecule has 0 aliphatic carbocycles. The smallest absolute Gasteiger partial charge is 0.271 e. The quantitative estimate of drug-likeness (QED) is 0.786. The number of carbonyl (C=O) groups excluding carboxylic acids is 1. The van der Waals surface area contributed by atoms with Crippen molar-refractivity contribution in [1.29, 1.82) is 0 Å². The molecule has 0 saturated heterocycles. The Morgan fingerprint density at radius 1 is 1.18 bits per heavy atom. The number of hydrogen-bond acceptors (Lipinski definition) is 5. The van der Waals surface area contributed by atoms with Crippen LogP contribution in [-0.4, -0.2) is 20.9 Å². The zero-order valence-corrected chi connectivity index (χ0v) is 12.6. The number of aromatic nitrogens is 3. The van der Waals surface area contributed by atoms with Crippen molar-refractivity contribution >= 4 is 17.2 Å². The van der Waals surface area contributed by atoms with E-state index in [1.165, 1.54) is 24.2 Å². The van der Waals surface area contributed by atoms with Gasteiger partial charge in [-0.25, -0.2) is 9.97 Å². The van der Waals surface area contributed by atoms with E-state index in [4.69, 9.17) is 0 Å². The molecule has 2 heterocycles. The molecule has 1 aromatic carbocycles. The molecule has 0 spiro atoms. The third-order valence-corrected chi connectivity index (χ3v) is 3.92. The van der Waals surface area contributed by atoms with E-state index in [-0.39, 0.29) is 5.91 Å². The lowest BCUT2D eigenvalue weighted by Crippen LogP contribution is -2.24. The third kappa shape index (κ3) is 3.73. The van der Waals surface area contributed by atoms with Gasteiger partial charge < -0.3 is 5.32 Å². The Balaban J connectivity index is 1.57. The van der Waals surface area contributed by atoms with Crippen molar-refractivity contribution in [2.75, 3.05) is 0 Å². The van der Waals surface area contributed by atoms with Crippen LogP contribution in [0.1, 0.15) is 26.8 Å². The van der Waals surface area contributed by atoms with Crippen LogP contribution in [0.4, 0.5) is 0 Å². The Labute approximate surface area is 132 Å². The maximum atomic E-state index is 11.9. The number of nitrogens with zero attached hydrogens (tertiary/aromatic N) is 3. The number of thiazole rings is 1. The van der Waals surface area contributed by atoms with E-state index in [2.05, 4.69) is 32.4 Å². The lowest BCUT2D eigenvalue weighted by Gasteiger charge is -2.01. The highest BCUT2D eigenvalue weighted by atomic mass is 32.1. The molecular formula is C16H14N4OS. The van der Waals surface area contributed by atoms with Gasteiger partial charge in [0, 0.05) is 24.2 Å². The summed E-state index contributed by atoms with van der Waals surface area (Å²) in [4.78, 5) is 24.3. The van der Waals surface area contributed by atoms with Crippen LogP contribution in [0.25, 0.3) is 0 Å². The van der Waals surface area contributed by atoms with Gasteiger partial charge in [-0.1, -0.05) is 30.3 Å². The molecule has 0 aliphatic heterocycles. The number of carbonyl (C=O) groups is 1. The fraction of sp³-hybridized carbons (Fsp3) is 0.125. The number of hydrogen-bond donors (Lipinski definition) is 1. The fourth-order valence-corrected chi connectivity index (χ4v) is 2.79. The fourth-order valence-electron chi connectivity index (χ4n) is 1.96. The number of amides is 1. The van der Waals surface area contributed by atoms with Crippen molar-refractivity contribution < 1.29 is 4.79 Å². The van der Waals surface area contributed by atoms with Gasteiger partial charge in [-0.2, -0.15) is 0 Å². The van der Waals surface area contributed by atoms with Crippen molar-refractivity contribution in [1.82, 2.24) is 20.3 Å². The van der Waals surface area contributed by atoms with E-state index in [0.717, 1.165) is 17.1 Å². The maximum absolute atomic E-state index is 11.9. The molecule has 3 aromatic rings. The second kappa shape index (κ2) is 6.91. The zero-order chi connectivity index (χ0) is 15.2. The first kappa shape index (κ1) is 14.3. The predicted molar refractivity (Wildman–Crippen MR) is 84.6 cm³/mol. The number of nitrogens with one attached hydrogen (secondary N) is 1. The minimum absolute atomic E-state index is 0.245. The molecule has 0 bridgehead atoms. The van der Waals surface area contributed by atoms with Gasteiger partial charge in [-0.15, -0.1) is 11.3 Å². The van der Waals surface area contributed by atoms with E-state index in [1.54, 1.807) is 11.3 Å². The first-order valence-corrected chi connectivity index (χ1v) is 7.70. The van der Waals surface area contributed by atoms with E-state index >= 15 is 0 Å². The lowest BCUT2D eigenvalue weighted by atomic mass is 10.2. The van der Waals surface area contributed by atoms with Crippen molar-refractivity contribution in [3.05, 3.63) is 76.3 Å². The van der Waals surface area contributed by atoms with Crippen LogP contribution in [0.5, 0.6) is 0 Å². The Morgan fingerprint density at radius 2 is 2.05 bits per heavy atom. The summed E-state index contributed by atoms with van der Waals surface area (Å²) in [5.74, 6) is -0.245. The Hall–Kier alpha value is -2.60. The van der Waals surface area contributed by atoms with E-state index in [0.29, 0.717) is 12.2 Å². The standard InChI is InChI=1S/C16H14N4OS/c21-16(14-10-17-6-7-18-14)19-9-13-11-22-15(20-13)8-12-4-2-1-3-5-12/h1-7,10-11H,8-9H2,(H,19,21). The molecule has 5 nitrogen and oxygen atoms in total.